The number of amides is 1. The molecule has 0 saturated heterocycles. The minimum atomic E-state index is -0.518. The lowest BCUT2D eigenvalue weighted by atomic mass is 9.49. The zero-order valence-corrected chi connectivity index (χ0v) is 16.1. The molecule has 6 rings (SSSR count). The Hall–Kier alpha value is -2.28. The van der Waals surface area contributed by atoms with E-state index in [0.717, 1.165) is 32.1 Å². The van der Waals surface area contributed by atoms with Gasteiger partial charge >= 0.3 is 11.7 Å². The smallest absolute Gasteiger partial charge is 0.323 e. The predicted molar refractivity (Wildman–Crippen MR) is 104 cm³/mol. The highest BCUT2D eigenvalue weighted by molar-refractivity contribution is 6.24. The van der Waals surface area contributed by atoms with E-state index in [0.29, 0.717) is 35.0 Å². The molecular formula is C20H22ClN3O4. The number of anilines is 1. The molecule has 8 heteroatoms. The van der Waals surface area contributed by atoms with Crippen LogP contribution in [0.2, 0.25) is 0 Å². The zero-order chi connectivity index (χ0) is 19.5. The van der Waals surface area contributed by atoms with Gasteiger partial charge in [0.1, 0.15) is 0 Å². The average molecular weight is 404 g/mol. The number of H-pyrrole nitrogens is 2. The molecule has 2 aromatic rings. The molecule has 3 N–H and O–H groups in total. The number of carbonyl (C=O) groups excluding carboxylic acids is 2. The van der Waals surface area contributed by atoms with Gasteiger partial charge in [0, 0.05) is 10.6 Å². The predicted octanol–water partition coefficient (Wildman–Crippen LogP) is 2.92. The molecule has 1 heterocycles. The lowest BCUT2D eigenvalue weighted by Crippen LogP contribution is -2.56. The molecule has 0 aliphatic heterocycles. The number of benzene rings is 1. The first-order chi connectivity index (χ1) is 13.3. The molecule has 1 aromatic carbocycles. The Morgan fingerprint density at radius 1 is 1.14 bits per heavy atom. The fourth-order valence-electron chi connectivity index (χ4n) is 5.98. The van der Waals surface area contributed by atoms with Crippen molar-refractivity contribution in [3.05, 3.63) is 28.7 Å². The summed E-state index contributed by atoms with van der Waals surface area (Å²) >= 11 is 6.77. The molecule has 1 aromatic heterocycles. The first kappa shape index (κ1) is 17.8. The van der Waals surface area contributed by atoms with Crippen molar-refractivity contribution in [2.75, 3.05) is 11.9 Å². The molecule has 4 bridgehead atoms. The largest absolute Gasteiger partial charge is 0.455 e. The van der Waals surface area contributed by atoms with Gasteiger partial charge in [-0.05, 0) is 68.6 Å². The van der Waals surface area contributed by atoms with E-state index in [4.69, 9.17) is 16.3 Å². The SMILES string of the molecule is O=C(COC(=O)C12CC3CC(CC(Cl)(C3)C1)C2)Nc1ccc2[nH]c(=O)[nH]c2c1. The molecule has 7 nitrogen and oxygen atoms in total. The molecule has 148 valence electrons. The highest BCUT2D eigenvalue weighted by atomic mass is 35.5. The maximum Gasteiger partial charge on any atom is 0.323 e. The van der Waals surface area contributed by atoms with E-state index >= 15 is 0 Å². The highest BCUT2D eigenvalue weighted by Crippen LogP contribution is 2.64. The number of rotatable bonds is 4. The summed E-state index contributed by atoms with van der Waals surface area (Å²) in [7, 11) is 0. The second-order valence-electron chi connectivity index (χ2n) is 8.86. The minimum Gasteiger partial charge on any atom is -0.455 e. The molecule has 28 heavy (non-hydrogen) atoms. The van der Waals surface area contributed by atoms with Crippen LogP contribution in [0.3, 0.4) is 0 Å². The number of hydrogen-bond donors (Lipinski definition) is 3. The summed E-state index contributed by atoms with van der Waals surface area (Å²) in [6, 6.07) is 5.04. The van der Waals surface area contributed by atoms with Crippen LogP contribution in [0.25, 0.3) is 11.0 Å². The second kappa shape index (κ2) is 6.11. The molecule has 0 radical (unpaired) electrons. The number of imidazole rings is 1. The number of nitrogens with one attached hydrogen (secondary N) is 3. The molecule has 2 unspecified atom stereocenters. The van der Waals surface area contributed by atoms with E-state index in [2.05, 4.69) is 15.3 Å². The van der Waals surface area contributed by atoms with Crippen LogP contribution in [0.4, 0.5) is 5.69 Å². The Morgan fingerprint density at radius 3 is 2.57 bits per heavy atom. The Balaban J connectivity index is 1.22. The monoisotopic (exact) mass is 403 g/mol. The number of halogens is 1. The van der Waals surface area contributed by atoms with Gasteiger partial charge < -0.3 is 20.0 Å². The summed E-state index contributed by atoms with van der Waals surface area (Å²) in [5, 5.41) is 2.70. The molecule has 2 atom stereocenters. The first-order valence-electron chi connectivity index (χ1n) is 9.71. The number of aromatic amines is 2. The lowest BCUT2D eigenvalue weighted by molar-refractivity contribution is -0.171. The van der Waals surface area contributed by atoms with Crippen molar-refractivity contribution in [1.82, 2.24) is 9.97 Å². The fourth-order valence-corrected chi connectivity index (χ4v) is 6.67. The molecule has 4 aliphatic rings. The van der Waals surface area contributed by atoms with Crippen molar-refractivity contribution in [3.63, 3.8) is 0 Å². The lowest BCUT2D eigenvalue weighted by Gasteiger charge is -2.58. The summed E-state index contributed by atoms with van der Waals surface area (Å²) in [6.45, 7) is -0.326. The van der Waals surface area contributed by atoms with Gasteiger partial charge in [0.2, 0.25) is 0 Å². The molecular weight excluding hydrogens is 382 g/mol. The molecule has 4 fully saturated rings. The van der Waals surface area contributed by atoms with Crippen LogP contribution in [-0.2, 0) is 14.3 Å². The topological polar surface area (TPSA) is 104 Å². The third-order valence-corrected chi connectivity index (χ3v) is 7.00. The molecule has 4 aliphatic carbocycles. The maximum absolute atomic E-state index is 12.9. The fraction of sp³-hybridized carbons (Fsp3) is 0.550. The second-order valence-corrected chi connectivity index (χ2v) is 9.66. The van der Waals surface area contributed by atoms with Crippen LogP contribution in [0.1, 0.15) is 38.5 Å². The summed E-state index contributed by atoms with van der Waals surface area (Å²) in [5.41, 5.74) is 0.959. The number of esters is 1. The van der Waals surface area contributed by atoms with Gasteiger partial charge in [-0.3, -0.25) is 9.59 Å². The van der Waals surface area contributed by atoms with Gasteiger partial charge in [0.25, 0.3) is 5.91 Å². The standard InChI is InChI=1S/C20H22ClN3O4/c21-20-7-11-3-12(8-20)6-19(5-11,10-20)17(26)28-9-16(25)22-13-1-2-14-15(4-13)24-18(27)23-14/h1-2,4,11-12H,3,5-10H2,(H,22,25)(H2,23,24,27). The summed E-state index contributed by atoms with van der Waals surface area (Å²) in [6.07, 6.45) is 5.46. The Bertz CT molecular complexity index is 1010. The Morgan fingerprint density at radius 2 is 1.86 bits per heavy atom. The van der Waals surface area contributed by atoms with Crippen LogP contribution in [0, 0.1) is 17.3 Å². The molecule has 4 saturated carbocycles. The van der Waals surface area contributed by atoms with E-state index in [1.807, 2.05) is 0 Å². The van der Waals surface area contributed by atoms with E-state index in [-0.39, 0.29) is 23.1 Å². The maximum atomic E-state index is 12.9. The summed E-state index contributed by atoms with van der Waals surface area (Å²) < 4.78 is 5.42. The van der Waals surface area contributed by atoms with E-state index in [1.54, 1.807) is 18.2 Å². The zero-order valence-electron chi connectivity index (χ0n) is 15.3. The summed E-state index contributed by atoms with van der Waals surface area (Å²) in [4.78, 5) is 41.5. The number of carbonyl (C=O) groups is 2. The number of ether oxygens (including phenoxy) is 1. The Labute approximate surface area is 166 Å². The Kier molecular flexibility index (Phi) is 3.88. The first-order valence-corrected chi connectivity index (χ1v) is 10.1. The number of aromatic nitrogens is 2. The van der Waals surface area contributed by atoms with Gasteiger partial charge in [0.15, 0.2) is 6.61 Å². The number of alkyl halides is 1. The summed E-state index contributed by atoms with van der Waals surface area (Å²) in [5.74, 6) is 0.300. The van der Waals surface area contributed by atoms with E-state index in [1.165, 1.54) is 0 Å². The highest BCUT2D eigenvalue weighted by Gasteiger charge is 2.60. The number of fused-ring (bicyclic) bond motifs is 1. The molecule has 0 spiro atoms. The van der Waals surface area contributed by atoms with Gasteiger partial charge in [-0.1, -0.05) is 0 Å². The normalized spacial score (nSPS) is 33.2. The van der Waals surface area contributed by atoms with E-state index < -0.39 is 11.3 Å². The van der Waals surface area contributed by atoms with E-state index in [9.17, 15) is 14.4 Å². The quantitative estimate of drug-likeness (QED) is 0.539. The van der Waals surface area contributed by atoms with Crippen LogP contribution in [0.15, 0.2) is 23.0 Å². The van der Waals surface area contributed by atoms with Crippen molar-refractivity contribution in [3.8, 4) is 0 Å². The van der Waals surface area contributed by atoms with Crippen molar-refractivity contribution in [2.24, 2.45) is 17.3 Å². The van der Waals surface area contributed by atoms with Gasteiger partial charge in [0.05, 0.1) is 16.4 Å². The van der Waals surface area contributed by atoms with Crippen LogP contribution in [-0.4, -0.2) is 33.3 Å². The van der Waals surface area contributed by atoms with Crippen molar-refractivity contribution < 1.29 is 14.3 Å². The van der Waals surface area contributed by atoms with Crippen LogP contribution < -0.4 is 11.0 Å². The average Bonchev–Trinajstić information content (AvgIpc) is 2.96. The third kappa shape index (κ3) is 3.02. The molecule has 1 amide bonds. The minimum absolute atomic E-state index is 0.270. The number of hydrogen-bond acceptors (Lipinski definition) is 4. The van der Waals surface area contributed by atoms with Gasteiger partial charge in [-0.2, -0.15) is 0 Å². The van der Waals surface area contributed by atoms with Crippen molar-refractivity contribution >= 4 is 40.2 Å². The van der Waals surface area contributed by atoms with Crippen LogP contribution in [0.5, 0.6) is 0 Å². The third-order valence-electron chi connectivity index (χ3n) is 6.56. The van der Waals surface area contributed by atoms with Gasteiger partial charge in [-0.15, -0.1) is 11.6 Å². The van der Waals surface area contributed by atoms with Crippen LogP contribution >= 0.6 is 11.6 Å². The van der Waals surface area contributed by atoms with Gasteiger partial charge in [-0.25, -0.2) is 4.79 Å². The van der Waals surface area contributed by atoms with Crippen molar-refractivity contribution in [1.29, 1.82) is 0 Å². The van der Waals surface area contributed by atoms with Crippen molar-refractivity contribution in [2.45, 2.75) is 43.4 Å².